The van der Waals surface area contributed by atoms with E-state index >= 15 is 0 Å². The van der Waals surface area contributed by atoms with Crippen LogP contribution in [0.2, 0.25) is 0 Å². The van der Waals surface area contributed by atoms with Crippen molar-refractivity contribution >= 4 is 16.9 Å². The summed E-state index contributed by atoms with van der Waals surface area (Å²) in [5.41, 5.74) is 4.12. The Morgan fingerprint density at radius 1 is 1.30 bits per heavy atom. The molecule has 4 nitrogen and oxygen atoms in total. The van der Waals surface area contributed by atoms with Crippen molar-refractivity contribution in [2.24, 2.45) is 0 Å². The van der Waals surface area contributed by atoms with Gasteiger partial charge in [0, 0.05) is 36.5 Å². The fraction of sp³-hybridized carbons (Fsp3) is 0.286. The smallest absolute Gasteiger partial charge is 0.141 e. The van der Waals surface area contributed by atoms with Gasteiger partial charge in [-0.05, 0) is 40.8 Å². The highest BCUT2D eigenvalue weighted by atomic mass is 32.2. The van der Waals surface area contributed by atoms with Crippen molar-refractivity contribution in [1.29, 1.82) is 5.26 Å². The molecule has 0 amide bonds. The summed E-state index contributed by atoms with van der Waals surface area (Å²) >= 11 is 1.60. The van der Waals surface area contributed by atoms with E-state index in [-0.39, 0.29) is 11.7 Å². The predicted octanol–water partition coefficient (Wildman–Crippen LogP) is 3.49. The molecule has 1 fully saturated rings. The molecule has 6 heteroatoms. The summed E-state index contributed by atoms with van der Waals surface area (Å²) in [5, 5.41) is 12.4. The summed E-state index contributed by atoms with van der Waals surface area (Å²) in [4.78, 5) is 1.15. The van der Waals surface area contributed by atoms with Crippen LogP contribution in [-0.2, 0) is 11.2 Å². The van der Waals surface area contributed by atoms with Gasteiger partial charge in [-0.15, -0.1) is 0 Å². The monoisotopic (exact) mass is 381 g/mol. The maximum absolute atomic E-state index is 14.2. The summed E-state index contributed by atoms with van der Waals surface area (Å²) in [7, 11) is 0. The van der Waals surface area contributed by atoms with Crippen molar-refractivity contribution in [2.75, 3.05) is 26.2 Å². The quantitative estimate of drug-likeness (QED) is 0.794. The Kier molecular flexibility index (Phi) is 5.55. The van der Waals surface area contributed by atoms with Crippen molar-refractivity contribution in [2.45, 2.75) is 12.5 Å². The number of nitrogens with one attached hydrogen (secondary N) is 2. The third kappa shape index (κ3) is 3.92. The van der Waals surface area contributed by atoms with E-state index in [2.05, 4.69) is 22.2 Å². The molecule has 0 spiro atoms. The predicted molar refractivity (Wildman–Crippen MR) is 106 cm³/mol. The van der Waals surface area contributed by atoms with E-state index < -0.39 is 5.82 Å². The van der Waals surface area contributed by atoms with Crippen molar-refractivity contribution < 1.29 is 9.13 Å². The van der Waals surface area contributed by atoms with E-state index in [9.17, 15) is 4.39 Å². The van der Waals surface area contributed by atoms with Crippen LogP contribution in [-0.4, -0.2) is 32.3 Å². The summed E-state index contributed by atoms with van der Waals surface area (Å²) in [6.07, 6.45) is 3.09. The maximum atomic E-state index is 14.2. The van der Waals surface area contributed by atoms with E-state index in [1.165, 1.54) is 11.6 Å². The number of ether oxygens (including phenoxy) is 1. The fourth-order valence-electron chi connectivity index (χ4n) is 3.52. The minimum absolute atomic E-state index is 0.0641. The molecule has 0 aliphatic carbocycles. The molecule has 27 heavy (non-hydrogen) atoms. The number of hydrogen-bond donors (Lipinski definition) is 2. The second kappa shape index (κ2) is 8.24. The van der Waals surface area contributed by atoms with E-state index in [4.69, 9.17) is 10.00 Å². The lowest BCUT2D eigenvalue weighted by Gasteiger charge is -2.25. The molecule has 2 heterocycles. The lowest BCUT2D eigenvalue weighted by atomic mass is 9.91. The number of nitrogens with zero attached hydrogens (tertiary/aromatic N) is 1. The minimum Gasteiger partial charge on any atom is -0.375 e. The Labute approximate surface area is 162 Å². The van der Waals surface area contributed by atoms with Gasteiger partial charge in [-0.2, -0.15) is 5.26 Å². The van der Waals surface area contributed by atoms with Gasteiger partial charge in [0.25, 0.3) is 0 Å². The van der Waals surface area contributed by atoms with Crippen molar-refractivity contribution in [3.63, 3.8) is 0 Å². The SMILES string of the molecule is N#Cc1ccc(-c2cccc(CC3CNCCO3)c2C2=CCNS2)cc1F. The van der Waals surface area contributed by atoms with Crippen LogP contribution in [0.4, 0.5) is 4.39 Å². The molecule has 2 aliphatic rings. The summed E-state index contributed by atoms with van der Waals surface area (Å²) in [6, 6.07) is 12.8. The first-order valence-electron chi connectivity index (χ1n) is 9.00. The Bertz CT molecular complexity index is 916. The third-order valence-corrected chi connectivity index (χ3v) is 5.70. The van der Waals surface area contributed by atoms with Crippen LogP contribution >= 0.6 is 11.9 Å². The van der Waals surface area contributed by atoms with E-state index in [1.807, 2.05) is 24.3 Å². The largest absolute Gasteiger partial charge is 0.375 e. The standard InChI is InChI=1S/C21H20FN3OS/c22-19-11-14(4-5-16(19)12-23)18-3-1-2-15(10-17-13-24-8-9-26-17)21(18)20-6-7-25-27-20/h1-6,11,17,24-25H,7-10,13H2. The van der Waals surface area contributed by atoms with Crippen LogP contribution < -0.4 is 10.0 Å². The Morgan fingerprint density at radius 3 is 2.93 bits per heavy atom. The number of halogens is 1. The second-order valence-electron chi connectivity index (χ2n) is 6.57. The summed E-state index contributed by atoms with van der Waals surface area (Å²) < 4.78 is 23.4. The zero-order chi connectivity index (χ0) is 18.6. The minimum atomic E-state index is -0.489. The Balaban J connectivity index is 1.78. The zero-order valence-electron chi connectivity index (χ0n) is 14.8. The highest BCUT2D eigenvalue weighted by Gasteiger charge is 2.21. The second-order valence-corrected chi connectivity index (χ2v) is 7.50. The molecule has 1 saturated heterocycles. The van der Waals surface area contributed by atoms with Gasteiger partial charge in [0.1, 0.15) is 11.9 Å². The van der Waals surface area contributed by atoms with Crippen LogP contribution in [0.15, 0.2) is 42.5 Å². The van der Waals surface area contributed by atoms with Gasteiger partial charge in [-0.3, -0.25) is 4.72 Å². The maximum Gasteiger partial charge on any atom is 0.141 e. The molecule has 138 valence electrons. The highest BCUT2D eigenvalue weighted by molar-refractivity contribution is 8.06. The summed E-state index contributed by atoms with van der Waals surface area (Å²) in [5.74, 6) is -0.489. The van der Waals surface area contributed by atoms with Crippen molar-refractivity contribution in [1.82, 2.24) is 10.0 Å². The van der Waals surface area contributed by atoms with E-state index in [1.54, 1.807) is 18.0 Å². The Hall–Kier alpha value is -2.17. The number of benzene rings is 2. The topological polar surface area (TPSA) is 57.1 Å². The average molecular weight is 381 g/mol. The normalized spacial score (nSPS) is 19.6. The van der Waals surface area contributed by atoms with Gasteiger partial charge in [0.15, 0.2) is 0 Å². The molecule has 2 aliphatic heterocycles. The number of rotatable bonds is 4. The highest BCUT2D eigenvalue weighted by Crippen LogP contribution is 2.39. The Morgan fingerprint density at radius 2 is 2.22 bits per heavy atom. The van der Waals surface area contributed by atoms with Gasteiger partial charge in [-0.25, -0.2) is 4.39 Å². The molecular weight excluding hydrogens is 361 g/mol. The van der Waals surface area contributed by atoms with Gasteiger partial charge in [-0.1, -0.05) is 30.3 Å². The summed E-state index contributed by atoms with van der Waals surface area (Å²) in [6.45, 7) is 3.24. The van der Waals surface area contributed by atoms with Gasteiger partial charge in [0.05, 0.1) is 18.3 Å². The third-order valence-electron chi connectivity index (χ3n) is 4.80. The number of nitriles is 1. The molecule has 1 atom stereocenters. The van der Waals surface area contributed by atoms with Gasteiger partial charge < -0.3 is 10.1 Å². The van der Waals surface area contributed by atoms with Crippen LogP contribution in [0.1, 0.15) is 16.7 Å². The van der Waals surface area contributed by atoms with Gasteiger partial charge in [0.2, 0.25) is 0 Å². The first-order valence-corrected chi connectivity index (χ1v) is 9.82. The van der Waals surface area contributed by atoms with E-state index in [0.29, 0.717) is 0 Å². The van der Waals surface area contributed by atoms with Crippen LogP contribution in [0.25, 0.3) is 16.0 Å². The van der Waals surface area contributed by atoms with E-state index in [0.717, 1.165) is 54.3 Å². The molecule has 4 rings (SSSR count). The molecule has 2 N–H and O–H groups in total. The number of hydrogen-bond acceptors (Lipinski definition) is 5. The molecular formula is C21H20FN3OS. The number of morpholine rings is 1. The average Bonchev–Trinajstić information content (AvgIpc) is 3.23. The van der Waals surface area contributed by atoms with Crippen LogP contribution in [0.5, 0.6) is 0 Å². The first kappa shape index (κ1) is 18.2. The van der Waals surface area contributed by atoms with Crippen molar-refractivity contribution in [3.8, 4) is 17.2 Å². The zero-order valence-corrected chi connectivity index (χ0v) is 15.6. The fourth-order valence-corrected chi connectivity index (χ4v) is 4.35. The molecule has 1 unspecified atom stereocenters. The molecule has 2 aromatic rings. The molecule has 2 aromatic carbocycles. The molecule has 0 aromatic heterocycles. The first-order chi connectivity index (χ1) is 13.3. The molecule has 0 bridgehead atoms. The van der Waals surface area contributed by atoms with Gasteiger partial charge >= 0.3 is 0 Å². The molecule has 0 radical (unpaired) electrons. The lowest BCUT2D eigenvalue weighted by Crippen LogP contribution is -2.39. The lowest BCUT2D eigenvalue weighted by molar-refractivity contribution is 0.0292. The van der Waals surface area contributed by atoms with Crippen LogP contribution in [0.3, 0.4) is 0 Å². The van der Waals surface area contributed by atoms with Crippen LogP contribution in [0, 0.1) is 17.1 Å². The van der Waals surface area contributed by atoms with Crippen molar-refractivity contribution in [3.05, 3.63) is 65.0 Å². The molecule has 0 saturated carbocycles.